The molecule has 2 heterocycles. The predicted molar refractivity (Wildman–Crippen MR) is 115 cm³/mol. The van der Waals surface area contributed by atoms with Crippen molar-refractivity contribution in [2.45, 2.75) is 38.5 Å². The molecule has 0 radical (unpaired) electrons. The van der Waals surface area contributed by atoms with Crippen LogP contribution in [0.2, 0.25) is 5.02 Å². The Kier molecular flexibility index (Phi) is 6.50. The normalized spacial score (nSPS) is 16.1. The monoisotopic (exact) mass is 422 g/mol. The van der Waals surface area contributed by atoms with Crippen molar-refractivity contribution in [1.82, 2.24) is 4.90 Å². The Bertz CT molecular complexity index is 850. The second-order valence-electron chi connectivity index (χ2n) is 6.67. The van der Waals surface area contributed by atoms with Gasteiger partial charge in [-0.15, -0.1) is 23.1 Å². The van der Waals surface area contributed by atoms with Crippen LogP contribution in [-0.4, -0.2) is 35.1 Å². The third kappa shape index (κ3) is 4.33. The Hall–Kier alpha value is -1.50. The van der Waals surface area contributed by atoms with E-state index in [1.165, 1.54) is 4.88 Å². The molecule has 0 fully saturated rings. The average molecular weight is 423 g/mol. The number of thioether (sulfide) groups is 1. The van der Waals surface area contributed by atoms with Gasteiger partial charge in [0, 0.05) is 23.2 Å². The largest absolute Gasteiger partial charge is 0.336 e. The zero-order valence-corrected chi connectivity index (χ0v) is 18.0. The van der Waals surface area contributed by atoms with Gasteiger partial charge >= 0.3 is 0 Å². The highest BCUT2D eigenvalue weighted by atomic mass is 35.5. The van der Waals surface area contributed by atoms with Crippen LogP contribution in [0, 0.1) is 0 Å². The van der Waals surface area contributed by atoms with Gasteiger partial charge in [0.25, 0.3) is 5.91 Å². The number of aryl methyl sites for hydroxylation is 1. The molecule has 4 nitrogen and oxygen atoms in total. The van der Waals surface area contributed by atoms with Crippen LogP contribution in [0.3, 0.4) is 0 Å². The van der Waals surface area contributed by atoms with Gasteiger partial charge in [-0.25, -0.2) is 0 Å². The van der Waals surface area contributed by atoms with Crippen molar-refractivity contribution in [3.63, 3.8) is 0 Å². The molecule has 1 atom stereocenters. The summed E-state index contributed by atoms with van der Waals surface area (Å²) in [5.74, 6) is 0.757. The Morgan fingerprint density at radius 3 is 2.81 bits per heavy atom. The Morgan fingerprint density at radius 2 is 2.11 bits per heavy atom. The number of amides is 2. The lowest BCUT2D eigenvalue weighted by molar-refractivity contribution is -0.115. The number of hydrogen-bond acceptors (Lipinski definition) is 4. The molecule has 2 aromatic rings. The van der Waals surface area contributed by atoms with Gasteiger partial charge in [0.05, 0.1) is 10.6 Å². The van der Waals surface area contributed by atoms with Crippen LogP contribution in [0.25, 0.3) is 0 Å². The first-order valence-corrected chi connectivity index (χ1v) is 11.3. The Balaban J connectivity index is 1.81. The molecule has 0 aliphatic carbocycles. The second kappa shape index (κ2) is 8.67. The van der Waals surface area contributed by atoms with Crippen molar-refractivity contribution in [3.05, 3.63) is 50.7 Å². The number of nitrogens with one attached hydrogen (secondary N) is 1. The minimum absolute atomic E-state index is 0.0590. The first-order chi connectivity index (χ1) is 12.9. The molecular formula is C20H23ClN2O2S2. The van der Waals surface area contributed by atoms with Gasteiger partial charge in [0.1, 0.15) is 5.25 Å². The number of benzene rings is 1. The van der Waals surface area contributed by atoms with Gasteiger partial charge in [-0.05, 0) is 68.2 Å². The number of anilines is 1. The maximum absolute atomic E-state index is 12.8. The van der Waals surface area contributed by atoms with Crippen LogP contribution in [0.15, 0.2) is 29.6 Å². The van der Waals surface area contributed by atoms with Crippen molar-refractivity contribution < 1.29 is 9.59 Å². The summed E-state index contributed by atoms with van der Waals surface area (Å²) in [6.45, 7) is 6.48. The number of fused-ring (bicyclic) bond motifs is 1. The van der Waals surface area contributed by atoms with Crippen LogP contribution >= 0.6 is 34.7 Å². The van der Waals surface area contributed by atoms with Gasteiger partial charge in [0.2, 0.25) is 5.91 Å². The van der Waals surface area contributed by atoms with E-state index in [0.29, 0.717) is 22.8 Å². The summed E-state index contributed by atoms with van der Waals surface area (Å²) in [5, 5.41) is 5.19. The number of halogens is 1. The van der Waals surface area contributed by atoms with E-state index in [-0.39, 0.29) is 23.1 Å². The quantitative estimate of drug-likeness (QED) is 0.716. The summed E-state index contributed by atoms with van der Waals surface area (Å²) < 4.78 is 0. The Labute approximate surface area is 173 Å². The maximum atomic E-state index is 12.8. The van der Waals surface area contributed by atoms with Gasteiger partial charge in [-0.1, -0.05) is 11.6 Å². The number of rotatable bonds is 5. The van der Waals surface area contributed by atoms with E-state index in [1.54, 1.807) is 46.2 Å². The first-order valence-electron chi connectivity index (χ1n) is 9.01. The predicted octanol–water partition coefficient (Wildman–Crippen LogP) is 5.24. The highest BCUT2D eigenvalue weighted by Crippen LogP contribution is 2.40. The standard InChI is InChI=1S/C20H23ClN2O2S2/c1-4-23(12(2)3)20(25)15-11-13(5-6-16(15)21)22-19(24)18-14-7-9-26-17(14)8-10-27-18/h5-7,9,11-12,18H,4,8,10H2,1-3H3,(H,22,24)/t18-/m0/s1. The smallest absolute Gasteiger partial charge is 0.255 e. The summed E-state index contributed by atoms with van der Waals surface area (Å²) >= 11 is 9.64. The third-order valence-corrected chi connectivity index (χ3v) is 7.17. The molecule has 1 aliphatic heterocycles. The molecule has 0 bridgehead atoms. The van der Waals surface area contributed by atoms with E-state index in [2.05, 4.69) is 5.32 Å². The van der Waals surface area contributed by atoms with E-state index < -0.39 is 0 Å². The molecule has 0 saturated heterocycles. The molecule has 1 aromatic carbocycles. The van der Waals surface area contributed by atoms with Crippen LogP contribution in [0.1, 0.15) is 46.8 Å². The van der Waals surface area contributed by atoms with E-state index in [0.717, 1.165) is 17.7 Å². The van der Waals surface area contributed by atoms with Gasteiger partial charge in [-0.3, -0.25) is 9.59 Å². The summed E-state index contributed by atoms with van der Waals surface area (Å²) in [6, 6.07) is 7.20. The van der Waals surface area contributed by atoms with Gasteiger partial charge in [-0.2, -0.15) is 0 Å². The molecule has 0 saturated carbocycles. The minimum atomic E-state index is -0.211. The molecule has 1 aliphatic rings. The third-order valence-electron chi connectivity index (χ3n) is 4.60. The van der Waals surface area contributed by atoms with Crippen molar-refractivity contribution in [2.24, 2.45) is 0 Å². The van der Waals surface area contributed by atoms with E-state index in [1.807, 2.05) is 32.2 Å². The lowest BCUT2D eigenvalue weighted by Crippen LogP contribution is -2.36. The number of thiophene rings is 1. The first kappa shape index (κ1) is 20.2. The molecule has 1 aromatic heterocycles. The molecule has 1 N–H and O–H groups in total. The van der Waals surface area contributed by atoms with Crippen molar-refractivity contribution in [1.29, 1.82) is 0 Å². The molecule has 27 heavy (non-hydrogen) atoms. The topological polar surface area (TPSA) is 49.4 Å². The van der Waals surface area contributed by atoms with Crippen LogP contribution in [-0.2, 0) is 11.2 Å². The maximum Gasteiger partial charge on any atom is 0.255 e. The van der Waals surface area contributed by atoms with E-state index in [9.17, 15) is 9.59 Å². The minimum Gasteiger partial charge on any atom is -0.336 e. The van der Waals surface area contributed by atoms with Crippen LogP contribution in [0.4, 0.5) is 5.69 Å². The number of carbonyl (C=O) groups is 2. The van der Waals surface area contributed by atoms with Crippen molar-refractivity contribution in [3.8, 4) is 0 Å². The SMILES string of the molecule is CCN(C(=O)c1cc(NC(=O)[C@H]2SCCc3sccc32)ccc1Cl)C(C)C. The highest BCUT2D eigenvalue weighted by molar-refractivity contribution is 8.00. The van der Waals surface area contributed by atoms with Crippen LogP contribution < -0.4 is 5.32 Å². The van der Waals surface area contributed by atoms with E-state index in [4.69, 9.17) is 11.6 Å². The van der Waals surface area contributed by atoms with Crippen molar-refractivity contribution >= 4 is 52.2 Å². The molecule has 144 valence electrons. The summed E-state index contributed by atoms with van der Waals surface area (Å²) in [4.78, 5) is 28.7. The van der Waals surface area contributed by atoms with Gasteiger partial charge < -0.3 is 10.2 Å². The zero-order chi connectivity index (χ0) is 19.6. The lowest BCUT2D eigenvalue weighted by Gasteiger charge is -2.26. The summed E-state index contributed by atoms with van der Waals surface area (Å²) in [7, 11) is 0. The fourth-order valence-corrected chi connectivity index (χ4v) is 5.73. The number of hydrogen-bond donors (Lipinski definition) is 1. The van der Waals surface area contributed by atoms with Gasteiger partial charge in [0.15, 0.2) is 0 Å². The fraction of sp³-hybridized carbons (Fsp3) is 0.400. The van der Waals surface area contributed by atoms with E-state index >= 15 is 0 Å². The zero-order valence-electron chi connectivity index (χ0n) is 15.6. The molecule has 7 heteroatoms. The second-order valence-corrected chi connectivity index (χ2v) is 9.29. The summed E-state index contributed by atoms with van der Waals surface area (Å²) in [6.07, 6.45) is 1.02. The number of carbonyl (C=O) groups excluding carboxylic acids is 2. The van der Waals surface area contributed by atoms with Crippen molar-refractivity contribution in [2.75, 3.05) is 17.6 Å². The fourth-order valence-electron chi connectivity index (χ4n) is 3.24. The Morgan fingerprint density at radius 1 is 1.33 bits per heavy atom. The molecule has 0 unspecified atom stereocenters. The number of nitrogens with zero attached hydrogens (tertiary/aromatic N) is 1. The average Bonchev–Trinajstić information content (AvgIpc) is 3.12. The highest BCUT2D eigenvalue weighted by Gasteiger charge is 2.28. The van der Waals surface area contributed by atoms with Crippen LogP contribution in [0.5, 0.6) is 0 Å². The molecule has 3 rings (SSSR count). The molecular weight excluding hydrogens is 400 g/mol. The lowest BCUT2D eigenvalue weighted by atomic mass is 10.1. The molecule has 2 amide bonds. The molecule has 0 spiro atoms. The summed E-state index contributed by atoms with van der Waals surface area (Å²) in [5.41, 5.74) is 2.11.